The molecule has 1 aliphatic rings. The van der Waals surface area contributed by atoms with Gasteiger partial charge in [0.15, 0.2) is 0 Å². The summed E-state index contributed by atoms with van der Waals surface area (Å²) in [4.78, 5) is 0. The van der Waals surface area contributed by atoms with E-state index in [-0.39, 0.29) is 0 Å². The van der Waals surface area contributed by atoms with Crippen molar-refractivity contribution in [2.45, 2.75) is 38.6 Å². The molecule has 1 saturated carbocycles. The quantitative estimate of drug-likeness (QED) is 0.548. The molecule has 0 heterocycles. The van der Waals surface area contributed by atoms with Gasteiger partial charge >= 0.3 is 0 Å². The first-order valence-electron chi connectivity index (χ1n) is 3.56. The second-order valence-electron chi connectivity index (χ2n) is 2.90. The molecule has 2 N–H and O–H groups in total. The Hall–Kier alpha value is -0.0400. The summed E-state index contributed by atoms with van der Waals surface area (Å²) in [5.74, 6) is 0.843. The maximum Gasteiger partial charge on any atom is 0.00387 e. The molecule has 48 valence electrons. The molecule has 1 aliphatic carbocycles. The van der Waals surface area contributed by atoms with Crippen LogP contribution in [-0.4, -0.2) is 6.04 Å². The fourth-order valence-corrected chi connectivity index (χ4v) is 1.48. The molecule has 1 unspecified atom stereocenters. The normalized spacial score (nSPS) is 26.2. The zero-order valence-electron chi connectivity index (χ0n) is 5.56. The predicted octanol–water partition coefficient (Wildman–Crippen LogP) is 1.52. The molecule has 0 aromatic carbocycles. The van der Waals surface area contributed by atoms with Crippen molar-refractivity contribution in [3.8, 4) is 0 Å². The standard InChI is InChI=1S/C7H15N/c1-6(8)7-4-2-3-5-7/h6-7H,2-5,8H2,1H3. The minimum Gasteiger partial charge on any atom is -0.328 e. The van der Waals surface area contributed by atoms with Gasteiger partial charge in [-0.2, -0.15) is 0 Å². The zero-order chi connectivity index (χ0) is 5.98. The van der Waals surface area contributed by atoms with Gasteiger partial charge in [0.05, 0.1) is 0 Å². The molecule has 0 saturated heterocycles. The van der Waals surface area contributed by atoms with Gasteiger partial charge in [0.1, 0.15) is 0 Å². The highest BCUT2D eigenvalue weighted by Crippen LogP contribution is 2.26. The Labute approximate surface area is 51.3 Å². The summed E-state index contributed by atoms with van der Waals surface area (Å²) in [6, 6.07) is 0.442. The highest BCUT2D eigenvalue weighted by Gasteiger charge is 2.17. The number of hydrogen-bond donors (Lipinski definition) is 1. The average Bonchev–Trinajstić information content (AvgIpc) is 2.12. The van der Waals surface area contributed by atoms with Crippen LogP contribution in [0.2, 0.25) is 0 Å². The molecule has 0 aromatic heterocycles. The van der Waals surface area contributed by atoms with E-state index in [1.807, 2.05) is 0 Å². The average molecular weight is 113 g/mol. The van der Waals surface area contributed by atoms with E-state index in [9.17, 15) is 0 Å². The first kappa shape index (κ1) is 6.09. The third kappa shape index (κ3) is 1.22. The Morgan fingerprint density at radius 2 is 1.88 bits per heavy atom. The van der Waals surface area contributed by atoms with Gasteiger partial charge in [-0.1, -0.05) is 12.8 Å². The van der Waals surface area contributed by atoms with Crippen LogP contribution < -0.4 is 5.73 Å². The summed E-state index contributed by atoms with van der Waals surface area (Å²) < 4.78 is 0. The SMILES string of the molecule is CC(N)C1CCCC1. The summed E-state index contributed by atoms with van der Waals surface area (Å²) in [5.41, 5.74) is 5.70. The van der Waals surface area contributed by atoms with E-state index in [2.05, 4.69) is 6.92 Å². The van der Waals surface area contributed by atoms with E-state index in [0.717, 1.165) is 5.92 Å². The van der Waals surface area contributed by atoms with E-state index in [4.69, 9.17) is 5.73 Å². The van der Waals surface area contributed by atoms with Gasteiger partial charge in [-0.25, -0.2) is 0 Å². The van der Waals surface area contributed by atoms with Crippen molar-refractivity contribution in [3.63, 3.8) is 0 Å². The van der Waals surface area contributed by atoms with E-state index >= 15 is 0 Å². The van der Waals surface area contributed by atoms with E-state index in [1.54, 1.807) is 0 Å². The molecular weight excluding hydrogens is 98.1 g/mol. The van der Waals surface area contributed by atoms with Gasteiger partial charge in [0, 0.05) is 6.04 Å². The van der Waals surface area contributed by atoms with Gasteiger partial charge in [0.25, 0.3) is 0 Å². The molecule has 0 aromatic rings. The molecule has 1 nitrogen and oxygen atoms in total. The first-order chi connectivity index (χ1) is 3.80. The fraction of sp³-hybridized carbons (Fsp3) is 1.00. The van der Waals surface area contributed by atoms with Crippen molar-refractivity contribution in [3.05, 3.63) is 0 Å². The second kappa shape index (κ2) is 2.49. The summed E-state index contributed by atoms with van der Waals surface area (Å²) in [6.45, 7) is 2.12. The van der Waals surface area contributed by atoms with E-state index in [0.29, 0.717) is 6.04 Å². The summed E-state index contributed by atoms with van der Waals surface area (Å²) in [6.07, 6.45) is 5.56. The van der Waals surface area contributed by atoms with Crippen molar-refractivity contribution in [2.24, 2.45) is 11.7 Å². The monoisotopic (exact) mass is 113 g/mol. The van der Waals surface area contributed by atoms with Gasteiger partial charge in [-0.15, -0.1) is 0 Å². The van der Waals surface area contributed by atoms with Crippen molar-refractivity contribution in [1.82, 2.24) is 0 Å². The van der Waals surface area contributed by atoms with Gasteiger partial charge < -0.3 is 5.73 Å². The molecule has 1 heteroatoms. The molecule has 0 spiro atoms. The van der Waals surface area contributed by atoms with Crippen molar-refractivity contribution >= 4 is 0 Å². The minimum atomic E-state index is 0.442. The second-order valence-corrected chi connectivity index (χ2v) is 2.90. The molecule has 1 rings (SSSR count). The lowest BCUT2D eigenvalue weighted by molar-refractivity contribution is 0.458. The van der Waals surface area contributed by atoms with Gasteiger partial charge in [-0.05, 0) is 25.7 Å². The van der Waals surface area contributed by atoms with Crippen LogP contribution in [0.3, 0.4) is 0 Å². The van der Waals surface area contributed by atoms with E-state index in [1.165, 1.54) is 25.7 Å². The van der Waals surface area contributed by atoms with Crippen LogP contribution in [0.15, 0.2) is 0 Å². The van der Waals surface area contributed by atoms with Crippen LogP contribution in [0.25, 0.3) is 0 Å². The maximum atomic E-state index is 5.70. The molecule has 0 radical (unpaired) electrons. The lowest BCUT2D eigenvalue weighted by Crippen LogP contribution is -2.23. The van der Waals surface area contributed by atoms with Crippen LogP contribution >= 0.6 is 0 Å². The molecule has 0 aliphatic heterocycles. The largest absolute Gasteiger partial charge is 0.328 e. The summed E-state index contributed by atoms with van der Waals surface area (Å²) in [5, 5.41) is 0. The Morgan fingerprint density at radius 1 is 1.38 bits per heavy atom. The maximum absolute atomic E-state index is 5.70. The molecule has 0 bridgehead atoms. The molecule has 0 amide bonds. The van der Waals surface area contributed by atoms with Crippen LogP contribution in [0.5, 0.6) is 0 Å². The number of nitrogens with two attached hydrogens (primary N) is 1. The zero-order valence-corrected chi connectivity index (χ0v) is 5.56. The highest BCUT2D eigenvalue weighted by molar-refractivity contribution is 4.73. The fourth-order valence-electron chi connectivity index (χ4n) is 1.48. The smallest absolute Gasteiger partial charge is 0.00387 e. The lowest BCUT2D eigenvalue weighted by Gasteiger charge is -2.11. The van der Waals surface area contributed by atoms with Crippen molar-refractivity contribution < 1.29 is 0 Å². The first-order valence-corrected chi connectivity index (χ1v) is 3.56. The predicted molar refractivity (Wildman–Crippen MR) is 35.6 cm³/mol. The summed E-state index contributed by atoms with van der Waals surface area (Å²) >= 11 is 0. The highest BCUT2D eigenvalue weighted by atomic mass is 14.6. The molecule has 1 atom stereocenters. The number of hydrogen-bond acceptors (Lipinski definition) is 1. The van der Waals surface area contributed by atoms with Gasteiger partial charge in [0.2, 0.25) is 0 Å². The van der Waals surface area contributed by atoms with Gasteiger partial charge in [-0.3, -0.25) is 0 Å². The third-order valence-electron chi connectivity index (χ3n) is 2.14. The lowest BCUT2D eigenvalue weighted by atomic mass is 10.0. The topological polar surface area (TPSA) is 26.0 Å². The summed E-state index contributed by atoms with van der Waals surface area (Å²) in [7, 11) is 0. The van der Waals surface area contributed by atoms with Crippen molar-refractivity contribution in [1.29, 1.82) is 0 Å². The van der Waals surface area contributed by atoms with Crippen LogP contribution in [0.4, 0.5) is 0 Å². The molecule has 1 fully saturated rings. The van der Waals surface area contributed by atoms with E-state index < -0.39 is 0 Å². The Kier molecular flexibility index (Phi) is 1.90. The Bertz CT molecular complexity index is 62.8. The third-order valence-corrected chi connectivity index (χ3v) is 2.14. The van der Waals surface area contributed by atoms with Crippen LogP contribution in [0, 0.1) is 5.92 Å². The minimum absolute atomic E-state index is 0.442. The van der Waals surface area contributed by atoms with Crippen LogP contribution in [0.1, 0.15) is 32.6 Å². The Balaban J connectivity index is 2.24. The molecular formula is C7H15N. The molecule has 8 heavy (non-hydrogen) atoms. The van der Waals surface area contributed by atoms with Crippen molar-refractivity contribution in [2.75, 3.05) is 0 Å². The Morgan fingerprint density at radius 3 is 2.12 bits per heavy atom. The number of rotatable bonds is 1. The van der Waals surface area contributed by atoms with Crippen LogP contribution in [-0.2, 0) is 0 Å².